The topological polar surface area (TPSA) is 78.5 Å². The Kier molecular flexibility index (Phi) is 5.82. The lowest BCUT2D eigenvalue weighted by atomic mass is 9.73. The van der Waals surface area contributed by atoms with Crippen molar-refractivity contribution in [1.82, 2.24) is 10.2 Å². The van der Waals surface area contributed by atoms with Gasteiger partial charge in [0.15, 0.2) is 0 Å². The van der Waals surface area contributed by atoms with Gasteiger partial charge in [-0.3, -0.25) is 14.5 Å². The predicted molar refractivity (Wildman–Crippen MR) is 104 cm³/mol. The van der Waals surface area contributed by atoms with Crippen molar-refractivity contribution < 1.29 is 14.4 Å². The van der Waals surface area contributed by atoms with Crippen molar-refractivity contribution in [3.63, 3.8) is 0 Å². The summed E-state index contributed by atoms with van der Waals surface area (Å²) >= 11 is 0. The number of benzene rings is 1. The van der Waals surface area contributed by atoms with Crippen LogP contribution in [-0.4, -0.2) is 34.8 Å². The second-order valence-electron chi connectivity index (χ2n) is 7.79. The van der Waals surface area contributed by atoms with E-state index >= 15 is 0 Å². The lowest BCUT2D eigenvalue weighted by Crippen LogP contribution is -2.54. The molecule has 1 saturated heterocycles. The van der Waals surface area contributed by atoms with Gasteiger partial charge < -0.3 is 10.6 Å². The van der Waals surface area contributed by atoms with E-state index in [1.54, 1.807) is 0 Å². The number of hydrogen-bond acceptors (Lipinski definition) is 3. The fourth-order valence-corrected chi connectivity index (χ4v) is 4.12. The van der Waals surface area contributed by atoms with Crippen LogP contribution >= 0.6 is 0 Å². The van der Waals surface area contributed by atoms with E-state index in [4.69, 9.17) is 0 Å². The maximum atomic E-state index is 12.9. The standard InChI is InChI=1S/C21H29N3O3/c1-3-4-8-16-9-11-17(12-10-16)22-18(25)14-24-19(26)21(23-20(24)27)13-6-5-7-15(21)2/h9-12,15H,3-8,13-14H2,1-2H3,(H,22,25)(H,23,27)/t15-,21+/m1/s1. The lowest BCUT2D eigenvalue weighted by molar-refractivity contribution is -0.136. The number of rotatable bonds is 6. The molecule has 0 radical (unpaired) electrons. The van der Waals surface area contributed by atoms with E-state index in [-0.39, 0.29) is 24.3 Å². The quantitative estimate of drug-likeness (QED) is 0.752. The number of imide groups is 1. The molecule has 2 atom stereocenters. The van der Waals surface area contributed by atoms with Crippen LogP contribution in [0.5, 0.6) is 0 Å². The van der Waals surface area contributed by atoms with Crippen LogP contribution in [0.3, 0.4) is 0 Å². The molecule has 0 bridgehead atoms. The van der Waals surface area contributed by atoms with Gasteiger partial charge in [0.1, 0.15) is 12.1 Å². The molecule has 1 aliphatic carbocycles. The number of carbonyl (C=O) groups excluding carboxylic acids is 3. The third kappa shape index (κ3) is 3.99. The van der Waals surface area contributed by atoms with Crippen LogP contribution in [0.15, 0.2) is 24.3 Å². The van der Waals surface area contributed by atoms with Crippen LogP contribution < -0.4 is 10.6 Å². The second kappa shape index (κ2) is 8.11. The minimum atomic E-state index is -0.823. The zero-order valence-electron chi connectivity index (χ0n) is 16.2. The Balaban J connectivity index is 1.60. The van der Waals surface area contributed by atoms with Crippen molar-refractivity contribution in [2.75, 3.05) is 11.9 Å². The highest BCUT2D eigenvalue weighted by atomic mass is 16.2. The molecule has 1 aliphatic heterocycles. The van der Waals surface area contributed by atoms with Crippen LogP contribution in [0.1, 0.15) is 57.9 Å². The summed E-state index contributed by atoms with van der Waals surface area (Å²) in [5, 5.41) is 5.66. The van der Waals surface area contributed by atoms with Crippen molar-refractivity contribution in [2.24, 2.45) is 5.92 Å². The molecule has 1 aromatic rings. The van der Waals surface area contributed by atoms with Gasteiger partial charge in [-0.2, -0.15) is 0 Å². The van der Waals surface area contributed by atoms with E-state index in [2.05, 4.69) is 17.6 Å². The molecule has 3 rings (SSSR count). The number of nitrogens with one attached hydrogen (secondary N) is 2. The van der Waals surface area contributed by atoms with E-state index in [9.17, 15) is 14.4 Å². The summed E-state index contributed by atoms with van der Waals surface area (Å²) in [4.78, 5) is 38.7. The number of unbranched alkanes of at least 4 members (excludes halogenated alkanes) is 1. The molecular weight excluding hydrogens is 342 g/mol. The number of carbonyl (C=O) groups is 3. The highest BCUT2D eigenvalue weighted by Gasteiger charge is 2.55. The number of urea groups is 1. The molecule has 0 aromatic heterocycles. The van der Waals surface area contributed by atoms with Crippen LogP contribution in [0.25, 0.3) is 0 Å². The monoisotopic (exact) mass is 371 g/mol. The average Bonchev–Trinajstić information content (AvgIpc) is 2.88. The summed E-state index contributed by atoms with van der Waals surface area (Å²) in [6, 6.07) is 7.26. The summed E-state index contributed by atoms with van der Waals surface area (Å²) in [5.41, 5.74) is 1.08. The zero-order valence-corrected chi connectivity index (χ0v) is 16.2. The first-order chi connectivity index (χ1) is 13.0. The number of nitrogens with zero attached hydrogens (tertiary/aromatic N) is 1. The number of anilines is 1. The highest BCUT2D eigenvalue weighted by Crippen LogP contribution is 2.38. The van der Waals surface area contributed by atoms with Gasteiger partial charge in [-0.05, 0) is 49.3 Å². The third-order valence-corrected chi connectivity index (χ3v) is 5.86. The maximum absolute atomic E-state index is 12.9. The molecule has 1 saturated carbocycles. The normalized spacial score (nSPS) is 25.0. The van der Waals surface area contributed by atoms with Crippen LogP contribution in [0, 0.1) is 5.92 Å². The molecule has 146 valence electrons. The smallest absolute Gasteiger partial charge is 0.325 e. The Morgan fingerprint density at radius 3 is 2.67 bits per heavy atom. The van der Waals surface area contributed by atoms with Gasteiger partial charge in [-0.25, -0.2) is 4.79 Å². The second-order valence-corrected chi connectivity index (χ2v) is 7.79. The fraction of sp³-hybridized carbons (Fsp3) is 0.571. The Labute approximate surface area is 160 Å². The third-order valence-electron chi connectivity index (χ3n) is 5.86. The summed E-state index contributed by atoms with van der Waals surface area (Å²) in [5.74, 6) is -0.531. The molecule has 4 amide bonds. The fourth-order valence-electron chi connectivity index (χ4n) is 4.12. The van der Waals surface area contributed by atoms with Gasteiger partial charge in [0.05, 0.1) is 0 Å². The summed E-state index contributed by atoms with van der Waals surface area (Å²) in [7, 11) is 0. The summed E-state index contributed by atoms with van der Waals surface area (Å²) in [6.07, 6.45) is 6.85. The first-order valence-electron chi connectivity index (χ1n) is 9.99. The number of aryl methyl sites for hydroxylation is 1. The number of hydrogen-bond donors (Lipinski definition) is 2. The Hall–Kier alpha value is -2.37. The van der Waals surface area contributed by atoms with Gasteiger partial charge in [0, 0.05) is 5.69 Å². The molecule has 6 heteroatoms. The predicted octanol–water partition coefficient (Wildman–Crippen LogP) is 3.47. The van der Waals surface area contributed by atoms with Gasteiger partial charge >= 0.3 is 6.03 Å². The Morgan fingerprint density at radius 1 is 1.26 bits per heavy atom. The zero-order chi connectivity index (χ0) is 19.4. The SMILES string of the molecule is CCCCc1ccc(NC(=O)CN2C(=O)N[C@]3(CCCC[C@H]3C)C2=O)cc1. The van der Waals surface area contributed by atoms with E-state index in [1.165, 1.54) is 5.56 Å². The molecule has 1 aromatic carbocycles. The number of amides is 4. The van der Waals surface area contributed by atoms with Crippen LogP contribution in [0.2, 0.25) is 0 Å². The molecule has 0 unspecified atom stereocenters. The maximum Gasteiger partial charge on any atom is 0.325 e. The molecular formula is C21H29N3O3. The lowest BCUT2D eigenvalue weighted by Gasteiger charge is -2.36. The summed E-state index contributed by atoms with van der Waals surface area (Å²) < 4.78 is 0. The molecule has 1 spiro atoms. The van der Waals surface area contributed by atoms with Gasteiger partial charge in [0.2, 0.25) is 5.91 Å². The van der Waals surface area contributed by atoms with Crippen LogP contribution in [0.4, 0.5) is 10.5 Å². The van der Waals surface area contributed by atoms with E-state index < -0.39 is 11.6 Å². The largest absolute Gasteiger partial charge is 0.325 e. The molecule has 2 aliphatic rings. The van der Waals surface area contributed by atoms with Crippen molar-refractivity contribution in [1.29, 1.82) is 0 Å². The van der Waals surface area contributed by atoms with Gasteiger partial charge in [-0.1, -0.05) is 45.2 Å². The Bertz CT molecular complexity index is 716. The first-order valence-corrected chi connectivity index (χ1v) is 9.99. The van der Waals surface area contributed by atoms with E-state index in [1.807, 2.05) is 31.2 Å². The van der Waals surface area contributed by atoms with E-state index in [0.29, 0.717) is 12.1 Å². The van der Waals surface area contributed by atoms with Crippen molar-refractivity contribution in [2.45, 2.75) is 64.3 Å². The molecule has 2 N–H and O–H groups in total. The first kappa shape index (κ1) is 19.4. The summed E-state index contributed by atoms with van der Waals surface area (Å²) in [6.45, 7) is 3.90. The van der Waals surface area contributed by atoms with Crippen molar-refractivity contribution in [3.8, 4) is 0 Å². The average molecular weight is 371 g/mol. The van der Waals surface area contributed by atoms with Crippen molar-refractivity contribution >= 4 is 23.5 Å². The molecule has 6 nitrogen and oxygen atoms in total. The van der Waals surface area contributed by atoms with Gasteiger partial charge in [0.25, 0.3) is 5.91 Å². The molecule has 2 fully saturated rings. The van der Waals surface area contributed by atoms with Gasteiger partial charge in [-0.15, -0.1) is 0 Å². The van der Waals surface area contributed by atoms with Crippen molar-refractivity contribution in [3.05, 3.63) is 29.8 Å². The Morgan fingerprint density at radius 2 is 2.00 bits per heavy atom. The minimum Gasteiger partial charge on any atom is -0.325 e. The highest BCUT2D eigenvalue weighted by molar-refractivity contribution is 6.10. The molecule has 1 heterocycles. The van der Waals surface area contributed by atoms with E-state index in [0.717, 1.165) is 43.4 Å². The molecule has 27 heavy (non-hydrogen) atoms. The van der Waals surface area contributed by atoms with Crippen LogP contribution in [-0.2, 0) is 16.0 Å². The minimum absolute atomic E-state index is 0.0893.